The smallest absolute Gasteiger partial charge is 0.243 e. The van der Waals surface area contributed by atoms with Gasteiger partial charge < -0.3 is 15.4 Å². The Morgan fingerprint density at radius 3 is 2.26 bits per heavy atom. The van der Waals surface area contributed by atoms with E-state index in [0.717, 1.165) is 41.3 Å². The number of anilines is 2. The molecule has 0 atom stereocenters. The SMILES string of the molecule is CCCCCCOc1ccc(NCC(=O)Nc2c(C)cc(C)cc2C)cc1. The summed E-state index contributed by atoms with van der Waals surface area (Å²) < 4.78 is 5.74. The summed E-state index contributed by atoms with van der Waals surface area (Å²) in [5, 5.41) is 6.16. The van der Waals surface area contributed by atoms with Gasteiger partial charge in [-0.05, 0) is 62.6 Å². The second kappa shape index (κ2) is 10.6. The number of aryl methyl sites for hydroxylation is 3. The first kappa shape index (κ1) is 20.8. The number of benzene rings is 2. The molecule has 0 fully saturated rings. The van der Waals surface area contributed by atoms with Gasteiger partial charge in [-0.1, -0.05) is 43.9 Å². The molecule has 0 saturated carbocycles. The van der Waals surface area contributed by atoms with E-state index >= 15 is 0 Å². The summed E-state index contributed by atoms with van der Waals surface area (Å²) in [7, 11) is 0. The molecule has 2 rings (SSSR count). The summed E-state index contributed by atoms with van der Waals surface area (Å²) in [6.07, 6.45) is 4.80. The van der Waals surface area contributed by atoms with Gasteiger partial charge in [0.05, 0.1) is 13.2 Å². The van der Waals surface area contributed by atoms with E-state index in [9.17, 15) is 4.79 Å². The normalized spacial score (nSPS) is 10.5. The molecule has 2 aromatic rings. The number of unbranched alkanes of at least 4 members (excludes halogenated alkanes) is 3. The highest BCUT2D eigenvalue weighted by Gasteiger charge is 2.08. The van der Waals surface area contributed by atoms with Crippen LogP contribution in [0.4, 0.5) is 11.4 Å². The van der Waals surface area contributed by atoms with Gasteiger partial charge in [0.25, 0.3) is 0 Å². The number of rotatable bonds is 10. The molecule has 4 heteroatoms. The fourth-order valence-corrected chi connectivity index (χ4v) is 3.13. The van der Waals surface area contributed by atoms with E-state index in [1.807, 2.05) is 38.1 Å². The first-order valence-electron chi connectivity index (χ1n) is 9.84. The summed E-state index contributed by atoms with van der Waals surface area (Å²) in [5.41, 5.74) is 5.18. The van der Waals surface area contributed by atoms with Crippen molar-refractivity contribution in [1.29, 1.82) is 0 Å². The van der Waals surface area contributed by atoms with Gasteiger partial charge in [-0.3, -0.25) is 4.79 Å². The van der Waals surface area contributed by atoms with Crippen LogP contribution >= 0.6 is 0 Å². The van der Waals surface area contributed by atoms with Crippen molar-refractivity contribution in [3.05, 3.63) is 53.1 Å². The third kappa shape index (κ3) is 6.97. The largest absolute Gasteiger partial charge is 0.494 e. The summed E-state index contributed by atoms with van der Waals surface area (Å²) in [4.78, 5) is 12.3. The Labute approximate surface area is 163 Å². The second-order valence-electron chi connectivity index (χ2n) is 7.11. The number of hydrogen-bond donors (Lipinski definition) is 2. The van der Waals surface area contributed by atoms with Crippen molar-refractivity contribution in [3.8, 4) is 5.75 Å². The van der Waals surface area contributed by atoms with Crippen LogP contribution in [0.1, 0.15) is 49.3 Å². The first-order valence-corrected chi connectivity index (χ1v) is 9.84. The molecule has 0 aliphatic heterocycles. The minimum absolute atomic E-state index is 0.0543. The van der Waals surface area contributed by atoms with Crippen molar-refractivity contribution < 1.29 is 9.53 Å². The van der Waals surface area contributed by atoms with Gasteiger partial charge in [0.2, 0.25) is 5.91 Å². The number of amides is 1. The predicted molar refractivity (Wildman–Crippen MR) is 114 cm³/mol. The van der Waals surface area contributed by atoms with Crippen molar-refractivity contribution in [2.75, 3.05) is 23.8 Å². The van der Waals surface area contributed by atoms with Crippen molar-refractivity contribution in [1.82, 2.24) is 0 Å². The van der Waals surface area contributed by atoms with Gasteiger partial charge in [-0.2, -0.15) is 0 Å². The molecule has 0 saturated heterocycles. The van der Waals surface area contributed by atoms with Crippen LogP contribution in [0.5, 0.6) is 5.75 Å². The van der Waals surface area contributed by atoms with Crippen LogP contribution in [0.3, 0.4) is 0 Å². The van der Waals surface area contributed by atoms with E-state index in [-0.39, 0.29) is 12.5 Å². The molecular weight excluding hydrogens is 336 g/mol. The van der Waals surface area contributed by atoms with Crippen LogP contribution in [-0.4, -0.2) is 19.1 Å². The van der Waals surface area contributed by atoms with Crippen molar-refractivity contribution in [2.24, 2.45) is 0 Å². The maximum Gasteiger partial charge on any atom is 0.243 e. The van der Waals surface area contributed by atoms with E-state index in [1.165, 1.54) is 24.8 Å². The van der Waals surface area contributed by atoms with Gasteiger partial charge >= 0.3 is 0 Å². The average Bonchev–Trinajstić information content (AvgIpc) is 2.64. The number of carbonyl (C=O) groups is 1. The van der Waals surface area contributed by atoms with Crippen LogP contribution in [-0.2, 0) is 4.79 Å². The Morgan fingerprint density at radius 1 is 0.963 bits per heavy atom. The van der Waals surface area contributed by atoms with Crippen LogP contribution in [0.15, 0.2) is 36.4 Å². The molecule has 2 N–H and O–H groups in total. The van der Waals surface area contributed by atoms with E-state index < -0.39 is 0 Å². The summed E-state index contributed by atoms with van der Waals surface area (Å²) in [5.74, 6) is 0.814. The van der Waals surface area contributed by atoms with Gasteiger partial charge in [0, 0.05) is 11.4 Å². The number of carbonyl (C=O) groups excluding carboxylic acids is 1. The summed E-state index contributed by atoms with van der Waals surface area (Å²) >= 11 is 0. The molecule has 27 heavy (non-hydrogen) atoms. The van der Waals surface area contributed by atoms with Crippen molar-refractivity contribution in [3.63, 3.8) is 0 Å². The van der Waals surface area contributed by atoms with E-state index in [0.29, 0.717) is 0 Å². The number of nitrogens with one attached hydrogen (secondary N) is 2. The zero-order valence-corrected chi connectivity index (χ0v) is 17.0. The lowest BCUT2D eigenvalue weighted by molar-refractivity contribution is -0.114. The molecular formula is C23H32N2O2. The van der Waals surface area contributed by atoms with Crippen LogP contribution in [0.2, 0.25) is 0 Å². The van der Waals surface area contributed by atoms with Crippen LogP contribution in [0.25, 0.3) is 0 Å². The highest BCUT2D eigenvalue weighted by Crippen LogP contribution is 2.22. The maximum absolute atomic E-state index is 12.3. The molecule has 0 spiro atoms. The zero-order chi connectivity index (χ0) is 19.6. The maximum atomic E-state index is 12.3. The predicted octanol–water partition coefficient (Wildman–Crippen LogP) is 5.62. The highest BCUT2D eigenvalue weighted by molar-refractivity contribution is 5.95. The molecule has 0 aliphatic carbocycles. The number of ether oxygens (including phenoxy) is 1. The molecule has 0 heterocycles. The molecule has 0 aromatic heterocycles. The third-order valence-corrected chi connectivity index (χ3v) is 4.52. The lowest BCUT2D eigenvalue weighted by Crippen LogP contribution is -2.22. The van der Waals surface area contributed by atoms with E-state index in [4.69, 9.17) is 4.74 Å². The van der Waals surface area contributed by atoms with E-state index in [2.05, 4.69) is 36.6 Å². The minimum atomic E-state index is -0.0543. The first-order chi connectivity index (χ1) is 13.0. The third-order valence-electron chi connectivity index (χ3n) is 4.52. The summed E-state index contributed by atoms with van der Waals surface area (Å²) in [6, 6.07) is 11.9. The van der Waals surface area contributed by atoms with Gasteiger partial charge in [-0.15, -0.1) is 0 Å². The number of hydrogen-bond acceptors (Lipinski definition) is 3. The fraction of sp³-hybridized carbons (Fsp3) is 0.435. The van der Waals surface area contributed by atoms with Gasteiger partial charge in [0.15, 0.2) is 0 Å². The molecule has 1 amide bonds. The zero-order valence-electron chi connectivity index (χ0n) is 17.0. The van der Waals surface area contributed by atoms with Crippen molar-refractivity contribution in [2.45, 2.75) is 53.4 Å². The molecule has 0 aliphatic rings. The topological polar surface area (TPSA) is 50.4 Å². The molecule has 4 nitrogen and oxygen atoms in total. The molecule has 0 bridgehead atoms. The van der Waals surface area contributed by atoms with Crippen molar-refractivity contribution >= 4 is 17.3 Å². The molecule has 0 unspecified atom stereocenters. The molecule has 2 aromatic carbocycles. The second-order valence-corrected chi connectivity index (χ2v) is 7.11. The fourth-order valence-electron chi connectivity index (χ4n) is 3.13. The highest BCUT2D eigenvalue weighted by atomic mass is 16.5. The Hall–Kier alpha value is -2.49. The van der Waals surface area contributed by atoms with Gasteiger partial charge in [-0.25, -0.2) is 0 Å². The quantitative estimate of drug-likeness (QED) is 0.535. The Kier molecular flexibility index (Phi) is 8.18. The van der Waals surface area contributed by atoms with E-state index in [1.54, 1.807) is 0 Å². The lowest BCUT2D eigenvalue weighted by atomic mass is 10.1. The Balaban J connectivity index is 1.78. The standard InChI is InChI=1S/C23H32N2O2/c1-5-6-7-8-13-27-21-11-9-20(10-12-21)24-16-22(26)25-23-18(3)14-17(2)15-19(23)4/h9-12,14-15,24H,5-8,13,16H2,1-4H3,(H,25,26). The Bertz CT molecular complexity index is 716. The lowest BCUT2D eigenvalue weighted by Gasteiger charge is -2.14. The Morgan fingerprint density at radius 2 is 1.63 bits per heavy atom. The van der Waals surface area contributed by atoms with Crippen LogP contribution < -0.4 is 15.4 Å². The monoisotopic (exact) mass is 368 g/mol. The summed E-state index contributed by atoms with van der Waals surface area (Å²) in [6.45, 7) is 9.28. The molecule has 146 valence electrons. The minimum Gasteiger partial charge on any atom is -0.494 e. The van der Waals surface area contributed by atoms with Crippen LogP contribution in [0, 0.1) is 20.8 Å². The van der Waals surface area contributed by atoms with Gasteiger partial charge in [0.1, 0.15) is 5.75 Å². The average molecular weight is 369 g/mol. The molecule has 0 radical (unpaired) electrons.